The summed E-state index contributed by atoms with van der Waals surface area (Å²) in [6.45, 7) is 6.27. The minimum Gasteiger partial charge on any atom is -0.327 e. The van der Waals surface area contributed by atoms with Crippen LogP contribution in [-0.2, 0) is 4.79 Å². The topological polar surface area (TPSA) is 43.1 Å². The predicted molar refractivity (Wildman–Crippen MR) is 59.0 cm³/mol. The van der Waals surface area contributed by atoms with E-state index in [4.69, 9.17) is 5.73 Å². The molecular formula is C12H23NO. The second kappa shape index (κ2) is 4.43. The molecule has 1 aliphatic rings. The van der Waals surface area contributed by atoms with Gasteiger partial charge >= 0.3 is 0 Å². The summed E-state index contributed by atoms with van der Waals surface area (Å²) in [6, 6.07) is 0.00933. The maximum atomic E-state index is 11.6. The molecule has 0 spiro atoms. The van der Waals surface area contributed by atoms with Crippen molar-refractivity contribution in [1.29, 1.82) is 0 Å². The molecule has 0 heterocycles. The quantitative estimate of drug-likeness (QED) is 0.752. The van der Waals surface area contributed by atoms with E-state index < -0.39 is 0 Å². The van der Waals surface area contributed by atoms with E-state index >= 15 is 0 Å². The molecule has 0 saturated heterocycles. The first-order valence-corrected chi connectivity index (χ1v) is 5.67. The van der Waals surface area contributed by atoms with Crippen LogP contribution in [0.1, 0.15) is 52.9 Å². The van der Waals surface area contributed by atoms with Gasteiger partial charge in [0.05, 0.1) is 0 Å². The van der Waals surface area contributed by atoms with Crippen molar-refractivity contribution in [3.63, 3.8) is 0 Å². The second-order valence-electron chi connectivity index (χ2n) is 5.72. The van der Waals surface area contributed by atoms with Gasteiger partial charge in [-0.3, -0.25) is 4.79 Å². The summed E-state index contributed by atoms with van der Waals surface area (Å²) in [7, 11) is 0. The van der Waals surface area contributed by atoms with Gasteiger partial charge in [-0.1, -0.05) is 40.0 Å². The molecule has 2 N–H and O–H groups in total. The lowest BCUT2D eigenvalue weighted by Crippen LogP contribution is -2.37. The Morgan fingerprint density at radius 2 is 2.00 bits per heavy atom. The van der Waals surface area contributed by atoms with Crippen molar-refractivity contribution in [2.24, 2.45) is 17.1 Å². The van der Waals surface area contributed by atoms with Crippen LogP contribution in [0.4, 0.5) is 0 Å². The fourth-order valence-corrected chi connectivity index (χ4v) is 1.65. The summed E-state index contributed by atoms with van der Waals surface area (Å²) in [5.41, 5.74) is 6.02. The van der Waals surface area contributed by atoms with Crippen molar-refractivity contribution < 1.29 is 4.79 Å². The summed E-state index contributed by atoms with van der Waals surface area (Å²) < 4.78 is 0. The number of hydrogen-bond donors (Lipinski definition) is 1. The van der Waals surface area contributed by atoms with Crippen LogP contribution in [0.5, 0.6) is 0 Å². The molecule has 1 aliphatic carbocycles. The molecule has 0 bridgehead atoms. The lowest BCUT2D eigenvalue weighted by molar-refractivity contribution is -0.121. The Kier molecular flexibility index (Phi) is 3.71. The Morgan fingerprint density at radius 3 is 2.36 bits per heavy atom. The predicted octanol–water partition coefficient (Wildman–Crippen LogP) is 2.51. The van der Waals surface area contributed by atoms with E-state index in [1.807, 2.05) is 0 Å². The number of nitrogens with two attached hydrogens (primary N) is 1. The summed E-state index contributed by atoms with van der Waals surface area (Å²) in [6.07, 6.45) is 5.13. The number of ketones is 1. The molecule has 0 aromatic rings. The van der Waals surface area contributed by atoms with Gasteiger partial charge in [0.2, 0.25) is 0 Å². The van der Waals surface area contributed by atoms with Gasteiger partial charge in [0.1, 0.15) is 5.78 Å². The molecule has 14 heavy (non-hydrogen) atoms. The largest absolute Gasteiger partial charge is 0.327 e. The average Bonchev–Trinajstić information content (AvgIpc) is 1.95. The molecule has 82 valence electrons. The highest BCUT2D eigenvalue weighted by molar-refractivity contribution is 5.79. The molecule has 0 aromatic carbocycles. The van der Waals surface area contributed by atoms with E-state index in [0.29, 0.717) is 18.1 Å². The van der Waals surface area contributed by atoms with Crippen LogP contribution >= 0.6 is 0 Å². The molecule has 1 atom stereocenters. The van der Waals surface area contributed by atoms with Gasteiger partial charge in [-0.25, -0.2) is 0 Å². The SMILES string of the molecule is CC(C)(C)C(N)CC(=O)CC1CCC1. The van der Waals surface area contributed by atoms with E-state index in [0.717, 1.165) is 6.42 Å². The van der Waals surface area contributed by atoms with E-state index in [1.165, 1.54) is 19.3 Å². The number of rotatable bonds is 4. The Bertz CT molecular complexity index is 201. The zero-order valence-corrected chi connectivity index (χ0v) is 9.68. The fourth-order valence-electron chi connectivity index (χ4n) is 1.65. The van der Waals surface area contributed by atoms with Crippen molar-refractivity contribution >= 4 is 5.78 Å². The molecule has 1 unspecified atom stereocenters. The first-order chi connectivity index (χ1) is 6.39. The first kappa shape index (κ1) is 11.7. The van der Waals surface area contributed by atoms with E-state index in [-0.39, 0.29) is 11.5 Å². The highest BCUT2D eigenvalue weighted by atomic mass is 16.1. The van der Waals surface area contributed by atoms with Crippen molar-refractivity contribution in [2.45, 2.75) is 58.9 Å². The first-order valence-electron chi connectivity index (χ1n) is 5.67. The molecule has 1 fully saturated rings. The van der Waals surface area contributed by atoms with Crippen LogP contribution < -0.4 is 5.73 Å². The van der Waals surface area contributed by atoms with Crippen LogP contribution in [0.3, 0.4) is 0 Å². The summed E-state index contributed by atoms with van der Waals surface area (Å²) in [4.78, 5) is 11.6. The van der Waals surface area contributed by atoms with Crippen molar-refractivity contribution in [2.75, 3.05) is 0 Å². The average molecular weight is 197 g/mol. The summed E-state index contributed by atoms with van der Waals surface area (Å²) >= 11 is 0. The van der Waals surface area contributed by atoms with E-state index in [1.54, 1.807) is 0 Å². The van der Waals surface area contributed by atoms with Crippen LogP contribution in [0.15, 0.2) is 0 Å². The van der Waals surface area contributed by atoms with Gasteiger partial charge in [-0.05, 0) is 11.3 Å². The summed E-state index contributed by atoms with van der Waals surface area (Å²) in [5, 5.41) is 0. The summed E-state index contributed by atoms with van der Waals surface area (Å²) in [5.74, 6) is 1.03. The fraction of sp³-hybridized carbons (Fsp3) is 0.917. The molecule has 0 aromatic heterocycles. The number of carbonyl (C=O) groups is 1. The monoisotopic (exact) mass is 197 g/mol. The standard InChI is InChI=1S/C12H23NO/c1-12(2,3)11(13)8-10(14)7-9-5-4-6-9/h9,11H,4-8,13H2,1-3H3. The minimum absolute atomic E-state index is 0.00933. The van der Waals surface area contributed by atoms with Gasteiger partial charge in [0.15, 0.2) is 0 Å². The molecular weight excluding hydrogens is 174 g/mol. The Labute approximate surface area is 87.2 Å². The molecule has 0 amide bonds. The molecule has 0 radical (unpaired) electrons. The lowest BCUT2D eigenvalue weighted by Gasteiger charge is -2.28. The van der Waals surface area contributed by atoms with Gasteiger partial charge in [0, 0.05) is 18.9 Å². The molecule has 1 saturated carbocycles. The van der Waals surface area contributed by atoms with E-state index in [9.17, 15) is 4.79 Å². The van der Waals surface area contributed by atoms with Crippen LogP contribution in [0.2, 0.25) is 0 Å². The third-order valence-electron chi connectivity index (χ3n) is 3.30. The maximum absolute atomic E-state index is 11.6. The Hall–Kier alpha value is -0.370. The van der Waals surface area contributed by atoms with Crippen molar-refractivity contribution in [1.82, 2.24) is 0 Å². The number of carbonyl (C=O) groups excluding carboxylic acids is 1. The van der Waals surface area contributed by atoms with Crippen LogP contribution in [0, 0.1) is 11.3 Å². The van der Waals surface area contributed by atoms with Gasteiger partial charge < -0.3 is 5.73 Å². The van der Waals surface area contributed by atoms with Crippen LogP contribution in [-0.4, -0.2) is 11.8 Å². The van der Waals surface area contributed by atoms with Gasteiger partial charge in [-0.2, -0.15) is 0 Å². The minimum atomic E-state index is 0.00933. The number of hydrogen-bond acceptors (Lipinski definition) is 2. The normalized spacial score (nSPS) is 20.3. The lowest BCUT2D eigenvalue weighted by atomic mass is 9.79. The van der Waals surface area contributed by atoms with E-state index in [2.05, 4.69) is 20.8 Å². The van der Waals surface area contributed by atoms with Crippen LogP contribution in [0.25, 0.3) is 0 Å². The molecule has 2 heteroatoms. The molecule has 0 aliphatic heterocycles. The van der Waals surface area contributed by atoms with Gasteiger partial charge in [-0.15, -0.1) is 0 Å². The van der Waals surface area contributed by atoms with Crippen molar-refractivity contribution in [3.05, 3.63) is 0 Å². The highest BCUT2D eigenvalue weighted by Gasteiger charge is 2.26. The highest BCUT2D eigenvalue weighted by Crippen LogP contribution is 2.30. The molecule has 2 nitrogen and oxygen atoms in total. The molecule has 1 rings (SSSR count). The zero-order chi connectivity index (χ0) is 10.8. The third kappa shape index (κ3) is 3.41. The third-order valence-corrected chi connectivity index (χ3v) is 3.30. The smallest absolute Gasteiger partial charge is 0.134 e. The van der Waals surface area contributed by atoms with Gasteiger partial charge in [0.25, 0.3) is 0 Å². The maximum Gasteiger partial charge on any atom is 0.134 e. The number of Topliss-reactive ketones (excluding diaryl/α,β-unsaturated/α-hetero) is 1. The Balaban J connectivity index is 2.25. The van der Waals surface area contributed by atoms with Crippen molar-refractivity contribution in [3.8, 4) is 0 Å². The zero-order valence-electron chi connectivity index (χ0n) is 9.68. The second-order valence-corrected chi connectivity index (χ2v) is 5.72. The Morgan fingerprint density at radius 1 is 1.43 bits per heavy atom.